The normalized spacial score (nSPS) is 14.0. The van der Waals surface area contributed by atoms with Gasteiger partial charge in [-0.1, -0.05) is 24.3 Å². The van der Waals surface area contributed by atoms with Gasteiger partial charge < -0.3 is 24.7 Å². The van der Waals surface area contributed by atoms with Crippen molar-refractivity contribution < 1.29 is 40.4 Å². The Morgan fingerprint density at radius 1 is 1.00 bits per heavy atom. The van der Waals surface area contributed by atoms with E-state index in [1.165, 1.54) is 12.3 Å². The number of amides is 1. The van der Waals surface area contributed by atoms with Crippen molar-refractivity contribution in [3.8, 4) is 17.4 Å². The van der Waals surface area contributed by atoms with E-state index in [4.69, 9.17) is 19.8 Å². The van der Waals surface area contributed by atoms with Crippen LogP contribution in [0.5, 0.6) is 17.4 Å². The number of ether oxygens (including phenoxy) is 2. The van der Waals surface area contributed by atoms with Crippen LogP contribution in [0, 0.1) is 0 Å². The van der Waals surface area contributed by atoms with Crippen molar-refractivity contribution in [1.29, 1.82) is 0 Å². The van der Waals surface area contributed by atoms with E-state index >= 15 is 0 Å². The van der Waals surface area contributed by atoms with Crippen LogP contribution in [0.25, 0.3) is 16.6 Å². The smallest absolute Gasteiger partial charge is 0.422 e. The molecular formula is C32H31F3N5O6S2-. The van der Waals surface area contributed by atoms with Gasteiger partial charge in [-0.15, -0.1) is 17.0 Å². The fourth-order valence-corrected chi connectivity index (χ4v) is 6.29. The van der Waals surface area contributed by atoms with Gasteiger partial charge in [0.2, 0.25) is 5.88 Å². The molecular weight excluding hydrogens is 672 g/mol. The molecule has 1 amide bonds. The number of thiophene rings is 1. The standard InChI is InChI=1S/C28H27F3N5O3.C4H4O3S2/c1-34-24-15-23(39-26-9-5-21(32)16-33-26)8-4-20(24)14-25(34)27(37)36-12-10-35(11-13-36)17-19-2-6-22(7-3-19)38-18-28(29,30)31;5-9(6,7)4-2-1-3-8-4/h2-9,14-16,32H,10-13,17-18H2,1H3;1-3H,(H,5,6,7)/q-1;. The average Bonchev–Trinajstić information content (AvgIpc) is 3.71. The minimum absolute atomic E-state index is 0.0116. The molecule has 0 spiro atoms. The molecule has 0 radical (unpaired) electrons. The molecule has 254 valence electrons. The van der Waals surface area contributed by atoms with E-state index in [0.717, 1.165) is 27.8 Å². The third-order valence-corrected chi connectivity index (χ3v) is 9.56. The number of nitrogens with one attached hydrogen (secondary N) is 1. The predicted molar refractivity (Wildman–Crippen MR) is 175 cm³/mol. The quantitative estimate of drug-likeness (QED) is 0.172. The maximum absolute atomic E-state index is 13.4. The summed E-state index contributed by atoms with van der Waals surface area (Å²) in [6.45, 7) is 1.83. The summed E-state index contributed by atoms with van der Waals surface area (Å²) in [7, 11) is -2.09. The predicted octanol–water partition coefficient (Wildman–Crippen LogP) is 6.94. The van der Waals surface area contributed by atoms with Crippen molar-refractivity contribution in [2.24, 2.45) is 7.05 Å². The van der Waals surface area contributed by atoms with Crippen LogP contribution in [-0.4, -0.2) is 77.2 Å². The first-order valence-electron chi connectivity index (χ1n) is 14.5. The zero-order valence-electron chi connectivity index (χ0n) is 25.6. The molecule has 16 heteroatoms. The van der Waals surface area contributed by atoms with Crippen LogP contribution in [0.15, 0.2) is 88.6 Å². The Morgan fingerprint density at radius 2 is 1.71 bits per heavy atom. The molecule has 2 N–H and O–H groups in total. The number of rotatable bonds is 8. The molecule has 4 heterocycles. The van der Waals surface area contributed by atoms with E-state index in [9.17, 15) is 26.4 Å². The highest BCUT2D eigenvalue weighted by Gasteiger charge is 2.28. The molecule has 1 aliphatic rings. The number of benzene rings is 2. The first-order chi connectivity index (χ1) is 22.7. The average molecular weight is 703 g/mol. The number of aromatic nitrogens is 2. The van der Waals surface area contributed by atoms with Crippen LogP contribution in [0.4, 0.5) is 18.9 Å². The van der Waals surface area contributed by atoms with Crippen molar-refractivity contribution in [1.82, 2.24) is 19.4 Å². The molecule has 48 heavy (non-hydrogen) atoms. The van der Waals surface area contributed by atoms with E-state index in [1.54, 1.807) is 47.8 Å². The highest BCUT2D eigenvalue weighted by molar-refractivity contribution is 7.88. The second kappa shape index (κ2) is 14.6. The number of halogens is 3. The van der Waals surface area contributed by atoms with Gasteiger partial charge >= 0.3 is 16.3 Å². The molecule has 1 saturated heterocycles. The molecule has 3 aromatic heterocycles. The lowest BCUT2D eigenvalue weighted by atomic mass is 10.2. The summed E-state index contributed by atoms with van der Waals surface area (Å²) in [4.78, 5) is 21.5. The van der Waals surface area contributed by atoms with Gasteiger partial charge in [-0.05, 0) is 53.4 Å². The summed E-state index contributed by atoms with van der Waals surface area (Å²) >= 11 is 0.992. The minimum atomic E-state index is -4.37. The minimum Gasteiger partial charge on any atom is -0.697 e. The van der Waals surface area contributed by atoms with E-state index in [1.807, 2.05) is 40.8 Å². The van der Waals surface area contributed by atoms with Gasteiger partial charge in [0, 0.05) is 57.4 Å². The second-order valence-corrected chi connectivity index (χ2v) is 13.4. The van der Waals surface area contributed by atoms with E-state index in [0.29, 0.717) is 55.7 Å². The molecule has 2 aromatic carbocycles. The van der Waals surface area contributed by atoms with Gasteiger partial charge in [0.25, 0.3) is 5.91 Å². The number of hydrogen-bond acceptors (Lipinski definition) is 8. The maximum atomic E-state index is 13.4. The summed E-state index contributed by atoms with van der Waals surface area (Å²) in [6, 6.07) is 20.2. The topological polar surface area (TPSA) is 138 Å². The highest BCUT2D eigenvalue weighted by atomic mass is 32.3. The number of carbonyl (C=O) groups is 1. The molecule has 1 fully saturated rings. The van der Waals surface area contributed by atoms with Crippen LogP contribution in [0.1, 0.15) is 16.1 Å². The largest absolute Gasteiger partial charge is 0.697 e. The molecule has 1 aliphatic heterocycles. The number of nitrogens with zero attached hydrogens (tertiary/aromatic N) is 4. The van der Waals surface area contributed by atoms with Crippen molar-refractivity contribution in [2.45, 2.75) is 16.9 Å². The first-order valence-corrected chi connectivity index (χ1v) is 16.8. The van der Waals surface area contributed by atoms with Gasteiger partial charge in [0.15, 0.2) is 6.61 Å². The number of aryl methyl sites for hydroxylation is 1. The lowest BCUT2D eigenvalue weighted by Crippen LogP contribution is -2.48. The summed E-state index contributed by atoms with van der Waals surface area (Å²) in [6.07, 6.45) is -2.95. The number of fused-ring (bicyclic) bond motifs is 1. The Labute approximate surface area is 278 Å². The summed E-state index contributed by atoms with van der Waals surface area (Å²) in [5, 5.41) is 2.51. The van der Waals surface area contributed by atoms with Crippen LogP contribution < -0.4 is 9.47 Å². The third kappa shape index (κ3) is 9.25. The van der Waals surface area contributed by atoms with Crippen LogP contribution in [0.3, 0.4) is 0 Å². The van der Waals surface area contributed by atoms with Gasteiger partial charge in [0.05, 0.1) is 5.52 Å². The third-order valence-electron chi connectivity index (χ3n) is 7.34. The van der Waals surface area contributed by atoms with Gasteiger partial charge in [0.1, 0.15) is 21.4 Å². The van der Waals surface area contributed by atoms with Crippen LogP contribution >= 0.6 is 11.3 Å². The summed E-state index contributed by atoms with van der Waals surface area (Å²) in [5.41, 5.74) is 10.2. The highest BCUT2D eigenvalue weighted by Crippen LogP contribution is 2.28. The van der Waals surface area contributed by atoms with E-state index in [-0.39, 0.29) is 15.9 Å². The van der Waals surface area contributed by atoms with Crippen molar-refractivity contribution in [3.63, 3.8) is 0 Å². The fourth-order valence-electron chi connectivity index (χ4n) is 4.94. The lowest BCUT2D eigenvalue weighted by molar-refractivity contribution is -0.153. The van der Waals surface area contributed by atoms with Crippen molar-refractivity contribution in [3.05, 3.63) is 101 Å². The van der Waals surface area contributed by atoms with Crippen molar-refractivity contribution in [2.75, 3.05) is 32.8 Å². The van der Waals surface area contributed by atoms with Crippen LogP contribution in [0.2, 0.25) is 0 Å². The fraction of sp³-hybridized carbons (Fsp3) is 0.250. The Morgan fingerprint density at radius 3 is 2.29 bits per heavy atom. The molecule has 0 unspecified atom stereocenters. The van der Waals surface area contributed by atoms with Gasteiger partial charge in [-0.25, -0.2) is 4.98 Å². The molecule has 11 nitrogen and oxygen atoms in total. The lowest BCUT2D eigenvalue weighted by Gasteiger charge is -2.34. The van der Waals surface area contributed by atoms with E-state index < -0.39 is 22.9 Å². The number of carbonyl (C=O) groups excluding carboxylic acids is 1. The monoisotopic (exact) mass is 702 g/mol. The number of piperazine rings is 1. The van der Waals surface area contributed by atoms with E-state index in [2.05, 4.69) is 9.88 Å². The Bertz CT molecular complexity index is 1940. The van der Waals surface area contributed by atoms with Gasteiger partial charge in [-0.3, -0.25) is 14.2 Å². The summed E-state index contributed by atoms with van der Waals surface area (Å²) < 4.78 is 78.3. The Hall–Kier alpha value is -4.64. The zero-order valence-corrected chi connectivity index (χ0v) is 27.2. The number of alkyl halides is 3. The number of hydrogen-bond donors (Lipinski definition) is 1. The van der Waals surface area contributed by atoms with Crippen LogP contribution in [-0.2, 0) is 23.7 Å². The molecule has 5 aromatic rings. The molecule has 0 atom stereocenters. The van der Waals surface area contributed by atoms with Crippen molar-refractivity contribution >= 4 is 44.0 Å². The second-order valence-electron chi connectivity index (χ2n) is 10.8. The Kier molecular flexibility index (Phi) is 10.6. The first kappa shape index (κ1) is 34.7. The summed E-state index contributed by atoms with van der Waals surface area (Å²) in [5.74, 6) is 1.11. The number of pyridine rings is 1. The molecule has 0 saturated carbocycles. The SMILES string of the molecule is Cn1c(C(=O)N2CCN(Cc3ccc(OCC(F)(F)F)cc3)CC2)cc2ccc(Oc3ccc([NH-])cn3)cc21.O=S(=O)(O)c1cccs1. The van der Waals surface area contributed by atoms with Gasteiger partial charge in [-0.2, -0.15) is 21.6 Å². The molecule has 0 bridgehead atoms. The maximum Gasteiger partial charge on any atom is 0.422 e. The zero-order chi connectivity index (χ0) is 34.5. The molecule has 6 rings (SSSR count). The Balaban J connectivity index is 0.000000434. The molecule has 0 aliphatic carbocycles.